The molecular formula is C25H31NO4. The van der Waals surface area contributed by atoms with Gasteiger partial charge in [-0.25, -0.2) is 0 Å². The Bertz CT molecular complexity index is 834. The summed E-state index contributed by atoms with van der Waals surface area (Å²) in [6.45, 7) is 9.51. The van der Waals surface area contributed by atoms with Gasteiger partial charge in [0.1, 0.15) is 11.6 Å². The van der Waals surface area contributed by atoms with Crippen LogP contribution in [0.4, 0.5) is 0 Å². The number of carbonyl (C=O) groups is 2. The van der Waals surface area contributed by atoms with E-state index < -0.39 is 23.1 Å². The summed E-state index contributed by atoms with van der Waals surface area (Å²) >= 11 is 0. The fourth-order valence-corrected chi connectivity index (χ4v) is 4.41. The summed E-state index contributed by atoms with van der Waals surface area (Å²) in [4.78, 5) is 26.4. The summed E-state index contributed by atoms with van der Waals surface area (Å²) in [5.74, 6) is -1.62. The summed E-state index contributed by atoms with van der Waals surface area (Å²) in [5, 5.41) is 3.52. The topological polar surface area (TPSA) is 64.6 Å². The lowest BCUT2D eigenvalue weighted by molar-refractivity contribution is -0.158. The van der Waals surface area contributed by atoms with Gasteiger partial charge in [0.2, 0.25) is 0 Å². The van der Waals surface area contributed by atoms with Crippen molar-refractivity contribution in [2.45, 2.75) is 51.8 Å². The molecule has 1 aliphatic rings. The van der Waals surface area contributed by atoms with Gasteiger partial charge in [-0.2, -0.15) is 0 Å². The van der Waals surface area contributed by atoms with Crippen molar-refractivity contribution in [2.75, 3.05) is 6.61 Å². The summed E-state index contributed by atoms with van der Waals surface area (Å²) in [5.41, 5.74) is 0.289. The van der Waals surface area contributed by atoms with E-state index in [0.29, 0.717) is 0 Å². The van der Waals surface area contributed by atoms with Crippen molar-refractivity contribution in [3.63, 3.8) is 0 Å². The number of ether oxygens (including phenoxy) is 2. The fraction of sp³-hybridized carbons (Fsp3) is 0.440. The molecule has 30 heavy (non-hydrogen) atoms. The zero-order valence-corrected chi connectivity index (χ0v) is 18.3. The van der Waals surface area contributed by atoms with Crippen LogP contribution in [0, 0.1) is 11.8 Å². The van der Waals surface area contributed by atoms with Crippen LogP contribution in [0.2, 0.25) is 0 Å². The third-order valence-corrected chi connectivity index (χ3v) is 5.56. The van der Waals surface area contributed by atoms with E-state index in [-0.39, 0.29) is 24.5 Å². The lowest BCUT2D eigenvalue weighted by atomic mass is 9.71. The molecule has 0 aliphatic carbocycles. The van der Waals surface area contributed by atoms with Gasteiger partial charge in [-0.3, -0.25) is 14.9 Å². The molecule has 0 bridgehead atoms. The van der Waals surface area contributed by atoms with E-state index in [9.17, 15) is 9.59 Å². The molecule has 3 rings (SSSR count). The standard InChI is InChI=1S/C25H31NO4/c1-6-29-22(27)20-17(2)21(23(28)30-24(3,4)5)26-25(20,18-13-9-7-10-14-18)19-15-11-8-12-16-19/h7-17,20-21,26H,6H2,1-5H3. The second-order valence-electron chi connectivity index (χ2n) is 8.78. The van der Waals surface area contributed by atoms with Gasteiger partial charge in [-0.15, -0.1) is 0 Å². The Morgan fingerprint density at radius 3 is 1.87 bits per heavy atom. The minimum atomic E-state index is -0.907. The second-order valence-corrected chi connectivity index (χ2v) is 8.78. The van der Waals surface area contributed by atoms with Crippen LogP contribution < -0.4 is 5.32 Å². The Morgan fingerprint density at radius 2 is 1.43 bits per heavy atom. The number of hydrogen-bond acceptors (Lipinski definition) is 5. The quantitative estimate of drug-likeness (QED) is 0.755. The van der Waals surface area contributed by atoms with Crippen LogP contribution in [0.15, 0.2) is 60.7 Å². The average Bonchev–Trinajstić information content (AvgIpc) is 3.02. The lowest BCUT2D eigenvalue weighted by Crippen LogP contribution is -2.49. The summed E-state index contributed by atoms with van der Waals surface area (Å²) in [7, 11) is 0. The first kappa shape index (κ1) is 22.0. The smallest absolute Gasteiger partial charge is 0.323 e. The van der Waals surface area contributed by atoms with E-state index in [2.05, 4.69) is 5.32 Å². The van der Waals surface area contributed by atoms with Crippen molar-refractivity contribution in [3.05, 3.63) is 71.8 Å². The first-order valence-electron chi connectivity index (χ1n) is 10.5. The molecule has 5 heteroatoms. The molecule has 1 heterocycles. The first-order valence-corrected chi connectivity index (χ1v) is 10.5. The molecule has 3 atom stereocenters. The number of rotatable bonds is 5. The van der Waals surface area contributed by atoms with Gasteiger partial charge in [0.25, 0.3) is 0 Å². The molecule has 160 valence electrons. The highest BCUT2D eigenvalue weighted by Crippen LogP contribution is 2.48. The van der Waals surface area contributed by atoms with Gasteiger partial charge in [-0.05, 0) is 44.7 Å². The largest absolute Gasteiger partial charge is 0.466 e. The second kappa shape index (κ2) is 8.60. The highest BCUT2D eigenvalue weighted by molar-refractivity contribution is 5.83. The minimum Gasteiger partial charge on any atom is -0.466 e. The van der Waals surface area contributed by atoms with E-state index in [1.165, 1.54) is 0 Å². The molecule has 1 saturated heterocycles. The molecule has 0 aromatic heterocycles. The molecule has 1 aliphatic heterocycles. The van der Waals surface area contributed by atoms with E-state index in [1.54, 1.807) is 6.92 Å². The van der Waals surface area contributed by atoms with Gasteiger partial charge in [0.15, 0.2) is 0 Å². The lowest BCUT2D eigenvalue weighted by Gasteiger charge is -2.36. The third-order valence-electron chi connectivity index (χ3n) is 5.56. The molecule has 5 nitrogen and oxygen atoms in total. The van der Waals surface area contributed by atoms with Crippen LogP contribution in [0.3, 0.4) is 0 Å². The molecule has 1 N–H and O–H groups in total. The fourth-order valence-electron chi connectivity index (χ4n) is 4.41. The number of hydrogen-bond donors (Lipinski definition) is 1. The Labute approximate surface area is 178 Å². The van der Waals surface area contributed by atoms with Crippen LogP contribution in [0.25, 0.3) is 0 Å². The molecule has 0 amide bonds. The first-order chi connectivity index (χ1) is 14.2. The zero-order chi connectivity index (χ0) is 21.9. The van der Waals surface area contributed by atoms with Crippen LogP contribution in [0.1, 0.15) is 45.7 Å². The van der Waals surface area contributed by atoms with Crippen molar-refractivity contribution < 1.29 is 19.1 Å². The van der Waals surface area contributed by atoms with Crippen LogP contribution in [0.5, 0.6) is 0 Å². The monoisotopic (exact) mass is 409 g/mol. The average molecular weight is 410 g/mol. The van der Waals surface area contributed by atoms with Crippen molar-refractivity contribution in [3.8, 4) is 0 Å². The van der Waals surface area contributed by atoms with Crippen molar-refractivity contribution in [1.29, 1.82) is 0 Å². The molecule has 0 spiro atoms. The maximum absolute atomic E-state index is 13.3. The molecule has 2 aromatic carbocycles. The summed E-state index contributed by atoms with van der Waals surface area (Å²) in [6.07, 6.45) is 0. The third kappa shape index (κ3) is 4.12. The molecule has 0 radical (unpaired) electrons. The molecule has 3 unspecified atom stereocenters. The summed E-state index contributed by atoms with van der Waals surface area (Å²) < 4.78 is 11.2. The number of carbonyl (C=O) groups excluding carboxylic acids is 2. The molecule has 2 aromatic rings. The van der Waals surface area contributed by atoms with Crippen LogP contribution in [-0.4, -0.2) is 30.2 Å². The predicted molar refractivity (Wildman–Crippen MR) is 116 cm³/mol. The number of nitrogens with one attached hydrogen (secondary N) is 1. The highest BCUT2D eigenvalue weighted by atomic mass is 16.6. The molecule has 0 saturated carbocycles. The highest BCUT2D eigenvalue weighted by Gasteiger charge is 2.59. The SMILES string of the molecule is CCOC(=O)C1C(C)C(C(=O)OC(C)(C)C)NC1(c1ccccc1)c1ccccc1. The maximum atomic E-state index is 13.3. The van der Waals surface area contributed by atoms with Crippen molar-refractivity contribution in [1.82, 2.24) is 5.32 Å². The Balaban J connectivity index is 2.19. The Morgan fingerprint density at radius 1 is 0.933 bits per heavy atom. The number of esters is 2. The van der Waals surface area contributed by atoms with E-state index in [1.807, 2.05) is 88.4 Å². The Kier molecular flexibility index (Phi) is 6.32. The number of benzene rings is 2. The van der Waals surface area contributed by atoms with Gasteiger partial charge in [0.05, 0.1) is 18.1 Å². The van der Waals surface area contributed by atoms with Crippen molar-refractivity contribution >= 4 is 11.9 Å². The van der Waals surface area contributed by atoms with Crippen LogP contribution in [-0.2, 0) is 24.6 Å². The van der Waals surface area contributed by atoms with Gasteiger partial charge >= 0.3 is 11.9 Å². The van der Waals surface area contributed by atoms with Gasteiger partial charge < -0.3 is 9.47 Å². The minimum absolute atomic E-state index is 0.277. The van der Waals surface area contributed by atoms with Crippen molar-refractivity contribution in [2.24, 2.45) is 11.8 Å². The normalized spacial score (nSPS) is 23.0. The van der Waals surface area contributed by atoms with Gasteiger partial charge in [-0.1, -0.05) is 67.6 Å². The molecule has 1 fully saturated rings. The summed E-state index contributed by atoms with van der Waals surface area (Å²) in [6, 6.07) is 18.9. The zero-order valence-electron chi connectivity index (χ0n) is 18.3. The maximum Gasteiger partial charge on any atom is 0.323 e. The van der Waals surface area contributed by atoms with E-state index >= 15 is 0 Å². The van der Waals surface area contributed by atoms with Gasteiger partial charge in [0, 0.05) is 0 Å². The Hall–Kier alpha value is -2.66. The van der Waals surface area contributed by atoms with E-state index in [0.717, 1.165) is 11.1 Å². The van der Waals surface area contributed by atoms with Crippen LogP contribution >= 0.6 is 0 Å². The predicted octanol–water partition coefficient (Wildman–Crippen LogP) is 4.06. The molecular weight excluding hydrogens is 378 g/mol. The van der Waals surface area contributed by atoms with E-state index in [4.69, 9.17) is 9.47 Å².